The number of carbonyl (C=O) groups is 4. The molecule has 10 nitrogen and oxygen atoms in total. The minimum Gasteiger partial charge on any atom is -0.381 e. The monoisotopic (exact) mass is 708 g/mol. The smallest absolute Gasteiger partial charge is 0.315 e. The van der Waals surface area contributed by atoms with E-state index in [2.05, 4.69) is 34.3 Å². The number of nitrogens with zero attached hydrogens (tertiary/aromatic N) is 2. The average Bonchev–Trinajstić information content (AvgIpc) is 3.64. The summed E-state index contributed by atoms with van der Waals surface area (Å²) in [5.41, 5.74) is 0. The van der Waals surface area contributed by atoms with Gasteiger partial charge in [0.05, 0.1) is 12.1 Å². The van der Waals surface area contributed by atoms with Crippen molar-refractivity contribution in [3.05, 3.63) is 0 Å². The van der Waals surface area contributed by atoms with Gasteiger partial charge in [-0.1, -0.05) is 6.42 Å². The van der Waals surface area contributed by atoms with Crippen LogP contribution in [0.15, 0.2) is 0 Å². The van der Waals surface area contributed by atoms with Crippen molar-refractivity contribution < 1.29 is 28.7 Å². The Hall–Kier alpha value is -1.53. The summed E-state index contributed by atoms with van der Waals surface area (Å²) in [6, 6.07) is 1.10. The lowest BCUT2D eigenvalue weighted by molar-refractivity contribution is -0.121. The topological polar surface area (TPSA) is 117 Å². The third-order valence-electron chi connectivity index (χ3n) is 10.2. The Kier molecular flexibility index (Phi) is 21.7. The molecule has 3 rings (SSSR count). The lowest BCUT2D eigenvalue weighted by Gasteiger charge is -2.36. The zero-order chi connectivity index (χ0) is 35.1. The van der Waals surface area contributed by atoms with Crippen LogP contribution >= 0.6 is 11.8 Å². The van der Waals surface area contributed by atoms with E-state index in [4.69, 9.17) is 9.47 Å². The number of hydrogen-bond acceptors (Lipinski definition) is 9. The van der Waals surface area contributed by atoms with Crippen LogP contribution in [0.1, 0.15) is 129 Å². The molecule has 3 aliphatic heterocycles. The van der Waals surface area contributed by atoms with E-state index in [9.17, 15) is 19.2 Å². The highest BCUT2D eigenvalue weighted by atomic mass is 32.2. The van der Waals surface area contributed by atoms with Gasteiger partial charge in [0.2, 0.25) is 0 Å². The highest BCUT2D eigenvalue weighted by molar-refractivity contribution is 8.00. The summed E-state index contributed by atoms with van der Waals surface area (Å²) in [6.45, 7) is 12.9. The maximum atomic E-state index is 12.2. The van der Waals surface area contributed by atoms with Crippen LogP contribution in [-0.2, 0) is 23.9 Å². The number of fused-ring (bicyclic) bond motifs is 1. The standard InChI is InChI=1S/C38H68N4O6S/c1-31(2)42-24-22-41(23-25-42)21-13-19-34(45)18-12-17-33(44)16-7-11-29-48-27-9-3-8-26-47-28-10-6-15-32(43)14-4-5-20-36-37-35(30-49-36)39-38(46)40-37/h31,35-37H,3-30H2,1-2H3,(H2,39,40,46)/t35-,36-,37-/m0/s1. The molecule has 3 atom stereocenters. The number of carbonyl (C=O) groups excluding carboxylic acids is 4. The molecule has 3 aliphatic rings. The van der Waals surface area contributed by atoms with E-state index >= 15 is 0 Å². The van der Waals surface area contributed by atoms with E-state index < -0.39 is 0 Å². The van der Waals surface area contributed by atoms with Crippen molar-refractivity contribution in [1.82, 2.24) is 20.4 Å². The normalized spacial score (nSPS) is 21.2. The molecule has 3 heterocycles. The number of thioether (sulfide) groups is 1. The molecule has 0 aromatic heterocycles. The fraction of sp³-hybridized carbons (Fsp3) is 0.895. The van der Waals surface area contributed by atoms with Gasteiger partial charge >= 0.3 is 6.03 Å². The van der Waals surface area contributed by atoms with Crippen LogP contribution in [0.5, 0.6) is 0 Å². The maximum absolute atomic E-state index is 12.2. The predicted octanol–water partition coefficient (Wildman–Crippen LogP) is 5.94. The van der Waals surface area contributed by atoms with Gasteiger partial charge in [0.15, 0.2) is 0 Å². The summed E-state index contributed by atoms with van der Waals surface area (Å²) in [5, 5.41) is 6.48. The van der Waals surface area contributed by atoms with E-state index in [1.807, 2.05) is 11.8 Å². The summed E-state index contributed by atoms with van der Waals surface area (Å²) in [7, 11) is 0. The van der Waals surface area contributed by atoms with E-state index in [0.29, 0.717) is 74.4 Å². The summed E-state index contributed by atoms with van der Waals surface area (Å²) in [6.07, 6.45) is 15.0. The van der Waals surface area contributed by atoms with Gasteiger partial charge in [-0.3, -0.25) is 19.3 Å². The summed E-state index contributed by atoms with van der Waals surface area (Å²) < 4.78 is 11.5. The highest BCUT2D eigenvalue weighted by Gasteiger charge is 2.42. The molecule has 2 amide bonds. The highest BCUT2D eigenvalue weighted by Crippen LogP contribution is 2.33. The molecule has 2 N–H and O–H groups in total. The van der Waals surface area contributed by atoms with Crippen molar-refractivity contribution in [1.29, 1.82) is 0 Å². The molecule has 282 valence electrons. The number of nitrogens with one attached hydrogen (secondary N) is 2. The van der Waals surface area contributed by atoms with Crippen molar-refractivity contribution in [2.24, 2.45) is 0 Å². The molecule has 11 heteroatoms. The van der Waals surface area contributed by atoms with Gasteiger partial charge in [0, 0.05) is 108 Å². The van der Waals surface area contributed by atoms with E-state index in [1.165, 1.54) is 0 Å². The first-order valence-electron chi connectivity index (χ1n) is 19.7. The Morgan fingerprint density at radius 2 is 1.18 bits per heavy atom. The second-order valence-electron chi connectivity index (χ2n) is 14.6. The molecule has 0 unspecified atom stereocenters. The van der Waals surface area contributed by atoms with Gasteiger partial charge < -0.3 is 25.0 Å². The zero-order valence-corrected chi connectivity index (χ0v) is 31.7. The van der Waals surface area contributed by atoms with Crippen molar-refractivity contribution in [3.8, 4) is 0 Å². The van der Waals surface area contributed by atoms with Crippen molar-refractivity contribution >= 4 is 35.1 Å². The molecular weight excluding hydrogens is 641 g/mol. The molecule has 0 radical (unpaired) electrons. The molecular formula is C38H68N4O6S. The van der Waals surface area contributed by atoms with E-state index in [0.717, 1.165) is 129 Å². The van der Waals surface area contributed by atoms with Gasteiger partial charge in [0.1, 0.15) is 17.3 Å². The molecule has 3 fully saturated rings. The summed E-state index contributed by atoms with van der Waals surface area (Å²) >= 11 is 1.93. The number of ketones is 3. The predicted molar refractivity (Wildman–Crippen MR) is 198 cm³/mol. The second kappa shape index (κ2) is 25.4. The van der Waals surface area contributed by atoms with Gasteiger partial charge in [-0.2, -0.15) is 11.8 Å². The Morgan fingerprint density at radius 1 is 0.673 bits per heavy atom. The SMILES string of the molecule is CC(C)N1CCN(CCCC(=O)CCCC(=O)CCCCOCCCCCOCCCCC(=O)CCCC[C@@H]2SC[C@@H]3NC(=O)N[C@@H]32)CC1. The third kappa shape index (κ3) is 18.5. The molecule has 0 spiro atoms. The first-order chi connectivity index (χ1) is 23.8. The first-order valence-corrected chi connectivity index (χ1v) is 20.7. The number of piperazine rings is 1. The molecule has 0 aliphatic carbocycles. The Morgan fingerprint density at radius 3 is 1.76 bits per heavy atom. The average molecular weight is 709 g/mol. The molecule has 0 saturated carbocycles. The number of urea groups is 1. The van der Waals surface area contributed by atoms with Crippen LogP contribution in [-0.4, -0.2) is 121 Å². The number of Topliss-reactive ketones (excluding diaryl/α,β-unsaturated/α-hetero) is 3. The number of amides is 2. The Bertz CT molecular complexity index is 961. The number of rotatable bonds is 30. The summed E-state index contributed by atoms with van der Waals surface area (Å²) in [4.78, 5) is 53.1. The lowest BCUT2D eigenvalue weighted by Crippen LogP contribution is -2.48. The molecule has 3 saturated heterocycles. The molecule has 0 bridgehead atoms. The molecule has 0 aromatic rings. The van der Waals surface area contributed by atoms with Crippen LogP contribution in [0.2, 0.25) is 0 Å². The van der Waals surface area contributed by atoms with Gasteiger partial charge in [-0.15, -0.1) is 0 Å². The Balaban J connectivity index is 0.978. The van der Waals surface area contributed by atoms with Crippen molar-refractivity contribution in [3.63, 3.8) is 0 Å². The van der Waals surface area contributed by atoms with Crippen LogP contribution in [0, 0.1) is 0 Å². The second-order valence-corrected chi connectivity index (χ2v) is 15.9. The number of ether oxygens (including phenoxy) is 2. The van der Waals surface area contributed by atoms with Crippen LogP contribution in [0.3, 0.4) is 0 Å². The van der Waals surface area contributed by atoms with Crippen molar-refractivity contribution in [2.75, 3.05) is 64.9 Å². The van der Waals surface area contributed by atoms with Gasteiger partial charge in [-0.25, -0.2) is 4.79 Å². The van der Waals surface area contributed by atoms with E-state index in [1.54, 1.807) is 0 Å². The summed E-state index contributed by atoms with van der Waals surface area (Å²) in [5.74, 6) is 1.91. The minimum absolute atomic E-state index is 0.0380. The van der Waals surface area contributed by atoms with Gasteiger partial charge in [0.25, 0.3) is 0 Å². The van der Waals surface area contributed by atoms with Crippen LogP contribution < -0.4 is 10.6 Å². The lowest BCUT2D eigenvalue weighted by atomic mass is 10.0. The van der Waals surface area contributed by atoms with Gasteiger partial charge in [-0.05, 0) is 91.0 Å². The zero-order valence-electron chi connectivity index (χ0n) is 30.9. The van der Waals surface area contributed by atoms with Crippen LogP contribution in [0.25, 0.3) is 0 Å². The van der Waals surface area contributed by atoms with Crippen molar-refractivity contribution in [2.45, 2.75) is 153 Å². The van der Waals surface area contributed by atoms with E-state index in [-0.39, 0.29) is 23.9 Å². The maximum Gasteiger partial charge on any atom is 0.315 e. The fourth-order valence-corrected chi connectivity index (χ4v) is 8.56. The fourth-order valence-electron chi connectivity index (χ4n) is 7.01. The first kappa shape index (κ1) is 41.9. The molecule has 0 aromatic carbocycles. The Labute approximate surface area is 301 Å². The number of hydrogen-bond donors (Lipinski definition) is 2. The largest absolute Gasteiger partial charge is 0.381 e. The minimum atomic E-state index is -0.0380. The van der Waals surface area contributed by atoms with Crippen LogP contribution in [0.4, 0.5) is 4.79 Å². The third-order valence-corrected chi connectivity index (χ3v) is 11.7. The quantitative estimate of drug-likeness (QED) is 0.0691. The molecule has 49 heavy (non-hydrogen) atoms. The number of unbranched alkanes of at least 4 members (excludes halogenated alkanes) is 5.